The summed E-state index contributed by atoms with van der Waals surface area (Å²) in [5, 5.41) is 16.1. The van der Waals surface area contributed by atoms with Crippen molar-refractivity contribution in [3.8, 4) is 0 Å². The Morgan fingerprint density at radius 2 is 1.77 bits per heavy atom. The van der Waals surface area contributed by atoms with Crippen LogP contribution >= 0.6 is 23.1 Å². The van der Waals surface area contributed by atoms with E-state index in [0.717, 1.165) is 16.5 Å². The van der Waals surface area contributed by atoms with Gasteiger partial charge in [-0.1, -0.05) is 30.3 Å². The van der Waals surface area contributed by atoms with Crippen molar-refractivity contribution in [3.63, 3.8) is 0 Å². The quantitative estimate of drug-likeness (QED) is 0.340. The molecule has 9 heteroatoms. The average molecular weight is 454 g/mol. The van der Waals surface area contributed by atoms with Gasteiger partial charge in [-0.2, -0.15) is 0 Å². The van der Waals surface area contributed by atoms with Crippen LogP contribution in [0.15, 0.2) is 82.7 Å². The van der Waals surface area contributed by atoms with Crippen LogP contribution in [0.1, 0.15) is 17.7 Å². The predicted molar refractivity (Wildman–Crippen MR) is 122 cm³/mol. The first-order chi connectivity index (χ1) is 14.9. The first kappa shape index (κ1) is 22.3. The van der Waals surface area contributed by atoms with Gasteiger partial charge < -0.3 is 15.7 Å². The number of thioether (sulfide) groups is 1. The van der Waals surface area contributed by atoms with E-state index in [1.807, 2.05) is 30.3 Å². The Bertz CT molecular complexity index is 1080. The normalized spacial score (nSPS) is 12.1. The third kappa shape index (κ3) is 6.53. The van der Waals surface area contributed by atoms with Gasteiger partial charge in [-0.25, -0.2) is 9.78 Å². The molecule has 1 atom stereocenters. The van der Waals surface area contributed by atoms with Crippen LogP contribution in [0.25, 0.3) is 0 Å². The van der Waals surface area contributed by atoms with Gasteiger partial charge in [0.25, 0.3) is 0 Å². The van der Waals surface area contributed by atoms with E-state index in [9.17, 15) is 14.4 Å². The Morgan fingerprint density at radius 3 is 2.39 bits per heavy atom. The summed E-state index contributed by atoms with van der Waals surface area (Å²) in [6.07, 6.45) is 2.66. The largest absolute Gasteiger partial charge is 0.478 e. The Labute approximate surface area is 187 Å². The van der Waals surface area contributed by atoms with E-state index in [2.05, 4.69) is 15.6 Å². The number of hydrogen-bond acceptors (Lipinski definition) is 6. The number of amides is 2. The molecule has 1 aromatic heterocycles. The zero-order valence-electron chi connectivity index (χ0n) is 16.4. The molecule has 31 heavy (non-hydrogen) atoms. The molecule has 2 aromatic carbocycles. The number of nitrogens with one attached hydrogen (secondary N) is 2. The van der Waals surface area contributed by atoms with E-state index in [1.165, 1.54) is 30.0 Å². The van der Waals surface area contributed by atoms with Gasteiger partial charge in [-0.3, -0.25) is 9.59 Å². The second-order valence-electron chi connectivity index (χ2n) is 6.38. The van der Waals surface area contributed by atoms with Gasteiger partial charge in [0.15, 0.2) is 5.13 Å². The summed E-state index contributed by atoms with van der Waals surface area (Å²) in [6.45, 7) is 1.35. The predicted octanol–water partition coefficient (Wildman–Crippen LogP) is 4.58. The Kier molecular flexibility index (Phi) is 7.58. The number of carboxylic acid groups (broad SMARTS) is 1. The van der Waals surface area contributed by atoms with Crippen molar-refractivity contribution in [2.75, 3.05) is 10.6 Å². The molecule has 0 spiro atoms. The summed E-state index contributed by atoms with van der Waals surface area (Å²) in [4.78, 5) is 40.6. The zero-order chi connectivity index (χ0) is 22.2. The van der Waals surface area contributed by atoms with Crippen molar-refractivity contribution in [2.24, 2.45) is 0 Å². The van der Waals surface area contributed by atoms with Gasteiger partial charge in [0.05, 0.1) is 0 Å². The minimum Gasteiger partial charge on any atom is -0.478 e. The van der Waals surface area contributed by atoms with Crippen LogP contribution in [-0.2, 0) is 14.4 Å². The molecule has 0 aliphatic carbocycles. The molecular formula is C22H19N3O4S2. The molecule has 0 aliphatic heterocycles. The van der Waals surface area contributed by atoms with Crippen molar-refractivity contribution in [2.45, 2.75) is 17.1 Å². The minimum atomic E-state index is -1.15. The molecule has 0 bridgehead atoms. The lowest BCUT2D eigenvalue weighted by molar-refractivity contribution is -0.132. The summed E-state index contributed by atoms with van der Waals surface area (Å²) in [6, 6.07) is 16.4. The molecule has 2 amide bonds. The number of thiazole rings is 1. The molecular weight excluding hydrogens is 434 g/mol. The van der Waals surface area contributed by atoms with E-state index >= 15 is 0 Å². The second-order valence-corrected chi connectivity index (χ2v) is 8.45. The van der Waals surface area contributed by atoms with Crippen molar-refractivity contribution < 1.29 is 19.5 Å². The third-order valence-electron chi connectivity index (χ3n) is 4.06. The molecule has 0 aliphatic rings. The fourth-order valence-electron chi connectivity index (χ4n) is 2.55. The number of hydrogen-bond donors (Lipinski definition) is 3. The van der Waals surface area contributed by atoms with E-state index in [0.29, 0.717) is 10.8 Å². The highest BCUT2D eigenvalue weighted by molar-refractivity contribution is 8.00. The van der Waals surface area contributed by atoms with Crippen LogP contribution in [-0.4, -0.2) is 27.9 Å². The standard InChI is InChI=1S/C22H19N3O4S2/c1-14(21(28)29)13-18(26)24-16-7-9-17(10-8-16)31-19(15-5-3-2-4-6-15)20(27)25-22-23-11-12-30-22/h2-13,19H,1H3,(H,24,26)(H,28,29)(H,23,25,27)/b14-13-/t19-/m0/s1. The Hall–Kier alpha value is -3.43. The highest BCUT2D eigenvalue weighted by atomic mass is 32.2. The van der Waals surface area contributed by atoms with E-state index in [-0.39, 0.29) is 11.5 Å². The molecule has 1 heterocycles. The molecule has 0 unspecified atom stereocenters. The number of carboxylic acids is 1. The first-order valence-electron chi connectivity index (χ1n) is 9.17. The number of nitrogens with zero attached hydrogens (tertiary/aromatic N) is 1. The van der Waals surface area contributed by atoms with Crippen LogP contribution in [0.2, 0.25) is 0 Å². The van der Waals surface area contributed by atoms with Crippen molar-refractivity contribution in [1.29, 1.82) is 0 Å². The SMILES string of the molecule is C/C(=C/C(=O)Nc1ccc(S[C@H](C(=O)Nc2nccs2)c2ccccc2)cc1)C(=O)O. The third-order valence-corrected chi connectivity index (χ3v) is 6.02. The van der Waals surface area contributed by atoms with E-state index in [4.69, 9.17) is 5.11 Å². The molecule has 0 saturated heterocycles. The molecule has 0 saturated carbocycles. The molecule has 3 N–H and O–H groups in total. The number of rotatable bonds is 8. The lowest BCUT2D eigenvalue weighted by atomic mass is 10.1. The smallest absolute Gasteiger partial charge is 0.331 e. The Balaban J connectivity index is 1.72. The zero-order valence-corrected chi connectivity index (χ0v) is 18.1. The summed E-state index contributed by atoms with van der Waals surface area (Å²) in [5.74, 6) is -1.85. The summed E-state index contributed by atoms with van der Waals surface area (Å²) < 4.78 is 0. The number of benzene rings is 2. The number of aromatic nitrogens is 1. The van der Waals surface area contributed by atoms with Crippen LogP contribution in [0, 0.1) is 0 Å². The maximum absolute atomic E-state index is 12.9. The average Bonchev–Trinajstić information content (AvgIpc) is 3.26. The van der Waals surface area contributed by atoms with Gasteiger partial charge in [-0.05, 0) is 36.8 Å². The highest BCUT2D eigenvalue weighted by Gasteiger charge is 2.22. The van der Waals surface area contributed by atoms with Crippen molar-refractivity contribution >= 4 is 51.7 Å². The van der Waals surface area contributed by atoms with E-state index in [1.54, 1.807) is 35.8 Å². The van der Waals surface area contributed by atoms with Gasteiger partial charge in [0.1, 0.15) is 5.25 Å². The fraction of sp³-hybridized carbons (Fsp3) is 0.0909. The van der Waals surface area contributed by atoms with Crippen LogP contribution in [0.3, 0.4) is 0 Å². The van der Waals surface area contributed by atoms with Crippen LogP contribution in [0.4, 0.5) is 10.8 Å². The molecule has 3 rings (SSSR count). The maximum Gasteiger partial charge on any atom is 0.331 e. The molecule has 158 valence electrons. The lowest BCUT2D eigenvalue weighted by Crippen LogP contribution is -2.18. The minimum absolute atomic E-state index is 0.0541. The second kappa shape index (κ2) is 10.6. The van der Waals surface area contributed by atoms with E-state index < -0.39 is 17.1 Å². The fourth-order valence-corrected chi connectivity index (χ4v) is 4.10. The summed E-state index contributed by atoms with van der Waals surface area (Å²) >= 11 is 2.73. The van der Waals surface area contributed by atoms with Gasteiger partial charge >= 0.3 is 5.97 Å². The van der Waals surface area contributed by atoms with Crippen LogP contribution < -0.4 is 10.6 Å². The molecule has 0 radical (unpaired) electrons. The summed E-state index contributed by atoms with van der Waals surface area (Å²) in [5.41, 5.74) is 1.32. The lowest BCUT2D eigenvalue weighted by Gasteiger charge is -2.16. The van der Waals surface area contributed by atoms with Crippen molar-refractivity contribution in [3.05, 3.63) is 83.4 Å². The van der Waals surface area contributed by atoms with Gasteiger partial charge in [-0.15, -0.1) is 23.1 Å². The number of carbonyl (C=O) groups excluding carboxylic acids is 2. The highest BCUT2D eigenvalue weighted by Crippen LogP contribution is 2.36. The van der Waals surface area contributed by atoms with Crippen molar-refractivity contribution in [1.82, 2.24) is 4.98 Å². The maximum atomic E-state index is 12.9. The van der Waals surface area contributed by atoms with Gasteiger partial charge in [0, 0.05) is 33.8 Å². The number of carbonyl (C=O) groups is 3. The molecule has 0 fully saturated rings. The summed E-state index contributed by atoms with van der Waals surface area (Å²) in [7, 11) is 0. The number of aliphatic carboxylic acids is 1. The molecule has 7 nitrogen and oxygen atoms in total. The first-order valence-corrected chi connectivity index (χ1v) is 10.9. The monoisotopic (exact) mass is 453 g/mol. The number of anilines is 2. The molecule has 3 aromatic rings. The Morgan fingerprint density at radius 1 is 1.06 bits per heavy atom. The topological polar surface area (TPSA) is 108 Å². The van der Waals surface area contributed by atoms with Gasteiger partial charge in [0.2, 0.25) is 11.8 Å². The van der Waals surface area contributed by atoms with Crippen LogP contribution in [0.5, 0.6) is 0 Å².